The van der Waals surface area contributed by atoms with Crippen LogP contribution < -0.4 is 0 Å². The molecule has 0 saturated carbocycles. The van der Waals surface area contributed by atoms with E-state index in [1.54, 1.807) is 0 Å². The Labute approximate surface area is 109 Å². The van der Waals surface area contributed by atoms with E-state index in [9.17, 15) is 0 Å². The molecule has 0 bridgehead atoms. The zero-order valence-electron chi connectivity index (χ0n) is 11.2. The Balaban J connectivity index is 2.23. The summed E-state index contributed by atoms with van der Waals surface area (Å²) >= 11 is 0. The molecule has 0 spiro atoms. The van der Waals surface area contributed by atoms with Crippen LogP contribution in [0.5, 0.6) is 0 Å². The van der Waals surface area contributed by atoms with Crippen molar-refractivity contribution in [3.8, 4) is 0 Å². The SMILES string of the molecule is C=C(C(=C)N1CCN=C1c1ccccc1)C(C)C. The van der Waals surface area contributed by atoms with Gasteiger partial charge in [-0.15, -0.1) is 0 Å². The second kappa shape index (κ2) is 5.21. The maximum atomic E-state index is 4.59. The second-order valence-electron chi connectivity index (χ2n) is 4.85. The van der Waals surface area contributed by atoms with E-state index in [2.05, 4.69) is 49.0 Å². The van der Waals surface area contributed by atoms with Gasteiger partial charge in [-0.3, -0.25) is 4.99 Å². The number of allylic oxidation sites excluding steroid dienone is 1. The van der Waals surface area contributed by atoms with Gasteiger partial charge in [0.05, 0.1) is 6.54 Å². The Morgan fingerprint density at radius 3 is 2.50 bits per heavy atom. The molecule has 18 heavy (non-hydrogen) atoms. The molecule has 0 saturated heterocycles. The Hall–Kier alpha value is -1.83. The van der Waals surface area contributed by atoms with Gasteiger partial charge in [-0.2, -0.15) is 0 Å². The van der Waals surface area contributed by atoms with E-state index in [4.69, 9.17) is 0 Å². The van der Waals surface area contributed by atoms with E-state index < -0.39 is 0 Å². The lowest BCUT2D eigenvalue weighted by molar-refractivity contribution is 0.554. The molecule has 0 aliphatic carbocycles. The number of hydrogen-bond donors (Lipinski definition) is 0. The molecule has 1 aliphatic rings. The summed E-state index contributed by atoms with van der Waals surface area (Å²) in [6.45, 7) is 14.3. The number of benzene rings is 1. The fraction of sp³-hybridized carbons (Fsp3) is 0.312. The predicted molar refractivity (Wildman–Crippen MR) is 77.7 cm³/mol. The minimum Gasteiger partial charge on any atom is -0.325 e. The number of rotatable bonds is 4. The van der Waals surface area contributed by atoms with Crippen molar-refractivity contribution in [1.82, 2.24) is 4.90 Å². The molecule has 94 valence electrons. The van der Waals surface area contributed by atoms with Crippen LogP contribution in [0.3, 0.4) is 0 Å². The third kappa shape index (κ3) is 2.37. The molecule has 2 rings (SSSR count). The third-order valence-electron chi connectivity index (χ3n) is 3.27. The van der Waals surface area contributed by atoms with Gasteiger partial charge < -0.3 is 4.90 Å². The van der Waals surface area contributed by atoms with Crippen molar-refractivity contribution in [1.29, 1.82) is 0 Å². The summed E-state index contributed by atoms with van der Waals surface area (Å²) < 4.78 is 0. The van der Waals surface area contributed by atoms with Crippen LogP contribution in [0.15, 0.2) is 59.8 Å². The van der Waals surface area contributed by atoms with Gasteiger partial charge in [0.1, 0.15) is 5.84 Å². The first kappa shape index (κ1) is 12.6. The number of hydrogen-bond acceptors (Lipinski definition) is 2. The van der Waals surface area contributed by atoms with Gasteiger partial charge in [0.15, 0.2) is 0 Å². The molecule has 0 aromatic heterocycles. The molecule has 2 nitrogen and oxygen atoms in total. The standard InChI is InChI=1S/C16H20N2/c1-12(2)13(3)14(4)18-11-10-17-16(18)15-8-6-5-7-9-15/h5-9,12H,3-4,10-11H2,1-2H3. The molecule has 0 fully saturated rings. The Kier molecular flexibility index (Phi) is 3.66. The largest absolute Gasteiger partial charge is 0.325 e. The number of nitrogens with zero attached hydrogens (tertiary/aromatic N) is 2. The van der Waals surface area contributed by atoms with Crippen molar-refractivity contribution in [3.05, 3.63) is 60.3 Å². The smallest absolute Gasteiger partial charge is 0.135 e. The summed E-state index contributed by atoms with van der Waals surface area (Å²) in [6.07, 6.45) is 0. The van der Waals surface area contributed by atoms with Gasteiger partial charge in [0, 0.05) is 17.8 Å². The Morgan fingerprint density at radius 2 is 1.89 bits per heavy atom. The quantitative estimate of drug-likeness (QED) is 0.736. The molecule has 2 heteroatoms. The molecule has 0 atom stereocenters. The van der Waals surface area contributed by atoms with Crippen molar-refractivity contribution in [2.45, 2.75) is 13.8 Å². The van der Waals surface area contributed by atoms with E-state index in [0.717, 1.165) is 35.8 Å². The van der Waals surface area contributed by atoms with Crippen LogP contribution in [0.1, 0.15) is 19.4 Å². The van der Waals surface area contributed by atoms with Gasteiger partial charge in [-0.1, -0.05) is 57.3 Å². The monoisotopic (exact) mass is 240 g/mol. The molecule has 0 N–H and O–H groups in total. The summed E-state index contributed by atoms with van der Waals surface area (Å²) in [4.78, 5) is 6.77. The van der Waals surface area contributed by atoms with Crippen LogP contribution >= 0.6 is 0 Å². The average molecular weight is 240 g/mol. The summed E-state index contributed by atoms with van der Waals surface area (Å²) in [5, 5.41) is 0. The van der Waals surface area contributed by atoms with E-state index >= 15 is 0 Å². The first-order valence-corrected chi connectivity index (χ1v) is 6.36. The van der Waals surface area contributed by atoms with E-state index in [1.165, 1.54) is 0 Å². The molecule has 1 heterocycles. The van der Waals surface area contributed by atoms with Crippen molar-refractivity contribution in [2.75, 3.05) is 13.1 Å². The van der Waals surface area contributed by atoms with Crippen LogP contribution in [0.2, 0.25) is 0 Å². The zero-order valence-corrected chi connectivity index (χ0v) is 11.2. The zero-order chi connectivity index (χ0) is 13.1. The highest BCUT2D eigenvalue weighted by atomic mass is 15.2. The maximum absolute atomic E-state index is 4.59. The molecule has 1 aromatic rings. The molecule has 1 aromatic carbocycles. The van der Waals surface area contributed by atoms with Crippen LogP contribution in [-0.4, -0.2) is 23.8 Å². The number of amidine groups is 1. The first-order chi connectivity index (χ1) is 8.61. The molecule has 0 amide bonds. The van der Waals surface area contributed by atoms with Crippen LogP contribution in [-0.2, 0) is 0 Å². The van der Waals surface area contributed by atoms with Crippen molar-refractivity contribution in [3.63, 3.8) is 0 Å². The Bertz CT molecular complexity index is 483. The van der Waals surface area contributed by atoms with E-state index in [0.29, 0.717) is 5.92 Å². The highest BCUT2D eigenvalue weighted by Gasteiger charge is 2.22. The molecular formula is C16H20N2. The maximum Gasteiger partial charge on any atom is 0.135 e. The van der Waals surface area contributed by atoms with Gasteiger partial charge in [-0.05, 0) is 11.5 Å². The van der Waals surface area contributed by atoms with Crippen LogP contribution in [0, 0.1) is 5.92 Å². The van der Waals surface area contributed by atoms with Gasteiger partial charge in [0.2, 0.25) is 0 Å². The third-order valence-corrected chi connectivity index (χ3v) is 3.27. The van der Waals surface area contributed by atoms with Crippen molar-refractivity contribution >= 4 is 5.84 Å². The second-order valence-corrected chi connectivity index (χ2v) is 4.85. The minimum absolute atomic E-state index is 0.412. The van der Waals surface area contributed by atoms with Crippen LogP contribution in [0.25, 0.3) is 0 Å². The highest BCUT2D eigenvalue weighted by Crippen LogP contribution is 2.24. The lowest BCUT2D eigenvalue weighted by atomic mass is 10.0. The average Bonchev–Trinajstić information content (AvgIpc) is 2.87. The molecule has 1 aliphatic heterocycles. The Morgan fingerprint density at radius 1 is 1.22 bits per heavy atom. The van der Waals surface area contributed by atoms with Crippen molar-refractivity contribution < 1.29 is 0 Å². The summed E-state index contributed by atoms with van der Waals surface area (Å²) in [5.74, 6) is 1.43. The van der Waals surface area contributed by atoms with Crippen molar-refractivity contribution in [2.24, 2.45) is 10.9 Å². The molecule has 0 unspecified atom stereocenters. The molecular weight excluding hydrogens is 220 g/mol. The van der Waals surface area contributed by atoms with E-state index in [-0.39, 0.29) is 0 Å². The van der Waals surface area contributed by atoms with Gasteiger partial charge in [-0.25, -0.2) is 0 Å². The van der Waals surface area contributed by atoms with Crippen LogP contribution in [0.4, 0.5) is 0 Å². The summed E-state index contributed by atoms with van der Waals surface area (Å²) in [7, 11) is 0. The fourth-order valence-corrected chi connectivity index (χ4v) is 2.05. The minimum atomic E-state index is 0.412. The lowest BCUT2D eigenvalue weighted by Crippen LogP contribution is -2.28. The molecule has 0 radical (unpaired) electrons. The topological polar surface area (TPSA) is 15.6 Å². The number of aliphatic imine (C=N–C) groups is 1. The summed E-state index contributed by atoms with van der Waals surface area (Å²) in [6, 6.07) is 10.3. The first-order valence-electron chi connectivity index (χ1n) is 6.36. The van der Waals surface area contributed by atoms with Gasteiger partial charge >= 0.3 is 0 Å². The fourth-order valence-electron chi connectivity index (χ4n) is 2.05. The predicted octanol–water partition coefficient (Wildman–Crippen LogP) is 3.47. The normalized spacial score (nSPS) is 14.8. The van der Waals surface area contributed by atoms with E-state index in [1.807, 2.05) is 18.2 Å². The highest BCUT2D eigenvalue weighted by molar-refractivity contribution is 6.01. The lowest BCUT2D eigenvalue weighted by Gasteiger charge is -2.25. The van der Waals surface area contributed by atoms with Gasteiger partial charge in [0.25, 0.3) is 0 Å². The summed E-state index contributed by atoms with van der Waals surface area (Å²) in [5.41, 5.74) is 3.22.